The molecule has 0 aliphatic carbocycles. The fourth-order valence-corrected chi connectivity index (χ4v) is 2.07. The zero-order chi connectivity index (χ0) is 16.1. The lowest BCUT2D eigenvalue weighted by Crippen LogP contribution is -2.06. The van der Waals surface area contributed by atoms with Gasteiger partial charge in [-0.25, -0.2) is 9.59 Å². The smallest absolute Gasteiger partial charge is 0.337 e. The van der Waals surface area contributed by atoms with Gasteiger partial charge in [-0.15, -0.1) is 0 Å². The summed E-state index contributed by atoms with van der Waals surface area (Å²) in [5.41, 5.74) is 1.94. The molecule has 2 rings (SSSR count). The lowest BCUT2D eigenvalue weighted by molar-refractivity contribution is 0.0591. The third-order valence-corrected chi connectivity index (χ3v) is 3.27. The number of ether oxygens (including phenoxy) is 2. The second kappa shape index (κ2) is 6.87. The molecule has 0 spiro atoms. The minimum Gasteiger partial charge on any atom is -0.465 e. The van der Waals surface area contributed by atoms with E-state index in [9.17, 15) is 14.7 Å². The van der Waals surface area contributed by atoms with Crippen LogP contribution in [0.25, 0.3) is 0 Å². The van der Waals surface area contributed by atoms with Crippen LogP contribution in [0.1, 0.15) is 37.9 Å². The van der Waals surface area contributed by atoms with Gasteiger partial charge < -0.3 is 14.6 Å². The molecule has 22 heavy (non-hydrogen) atoms. The highest BCUT2D eigenvalue weighted by molar-refractivity contribution is 5.90. The van der Waals surface area contributed by atoms with Crippen molar-refractivity contribution in [2.24, 2.45) is 0 Å². The van der Waals surface area contributed by atoms with E-state index in [2.05, 4.69) is 9.47 Å². The van der Waals surface area contributed by atoms with Gasteiger partial charge in [0.2, 0.25) is 0 Å². The van der Waals surface area contributed by atoms with Crippen molar-refractivity contribution in [3.05, 3.63) is 70.8 Å². The third kappa shape index (κ3) is 3.32. The largest absolute Gasteiger partial charge is 0.465 e. The maximum absolute atomic E-state index is 11.5. The zero-order valence-electron chi connectivity index (χ0n) is 12.3. The van der Waals surface area contributed by atoms with Gasteiger partial charge >= 0.3 is 11.9 Å². The van der Waals surface area contributed by atoms with Crippen LogP contribution in [0.5, 0.6) is 0 Å². The van der Waals surface area contributed by atoms with Crippen LogP contribution >= 0.6 is 0 Å². The average molecular weight is 300 g/mol. The summed E-state index contributed by atoms with van der Waals surface area (Å²) in [5, 5.41) is 10.4. The molecule has 2 aromatic carbocycles. The van der Waals surface area contributed by atoms with E-state index < -0.39 is 18.0 Å². The molecule has 0 aliphatic heterocycles. The maximum Gasteiger partial charge on any atom is 0.337 e. The van der Waals surface area contributed by atoms with Gasteiger partial charge in [-0.3, -0.25) is 0 Å². The first kappa shape index (κ1) is 15.7. The zero-order valence-corrected chi connectivity index (χ0v) is 12.3. The van der Waals surface area contributed by atoms with Crippen LogP contribution in [0.3, 0.4) is 0 Å². The summed E-state index contributed by atoms with van der Waals surface area (Å²) in [7, 11) is 2.61. The molecule has 1 unspecified atom stereocenters. The van der Waals surface area contributed by atoms with E-state index in [0.29, 0.717) is 22.3 Å². The Morgan fingerprint density at radius 1 is 0.864 bits per heavy atom. The van der Waals surface area contributed by atoms with E-state index in [1.807, 2.05) is 0 Å². The Morgan fingerprint density at radius 3 is 2.05 bits per heavy atom. The summed E-state index contributed by atoms with van der Waals surface area (Å²) in [6.07, 6.45) is -0.906. The molecule has 0 aromatic heterocycles. The quantitative estimate of drug-likeness (QED) is 0.877. The number of hydrogen-bond donors (Lipinski definition) is 1. The lowest BCUT2D eigenvalue weighted by atomic mass is 9.99. The monoisotopic (exact) mass is 300 g/mol. The summed E-state index contributed by atoms with van der Waals surface area (Å²) in [6, 6.07) is 13.0. The number of hydrogen-bond acceptors (Lipinski definition) is 5. The highest BCUT2D eigenvalue weighted by atomic mass is 16.5. The first-order chi connectivity index (χ1) is 10.6. The topological polar surface area (TPSA) is 72.8 Å². The van der Waals surface area contributed by atoms with Crippen molar-refractivity contribution in [1.82, 2.24) is 0 Å². The van der Waals surface area contributed by atoms with E-state index >= 15 is 0 Å². The van der Waals surface area contributed by atoms with Gasteiger partial charge in [-0.1, -0.05) is 24.3 Å². The normalized spacial score (nSPS) is 11.6. The fraction of sp³-hybridized carbons (Fsp3) is 0.176. The van der Waals surface area contributed by atoms with E-state index in [1.54, 1.807) is 48.5 Å². The van der Waals surface area contributed by atoms with Crippen LogP contribution in [-0.2, 0) is 9.47 Å². The van der Waals surface area contributed by atoms with E-state index in [4.69, 9.17) is 0 Å². The van der Waals surface area contributed by atoms with Gasteiger partial charge in [0.15, 0.2) is 0 Å². The molecule has 5 nitrogen and oxygen atoms in total. The highest BCUT2D eigenvalue weighted by Crippen LogP contribution is 2.23. The molecule has 5 heteroatoms. The first-order valence-electron chi connectivity index (χ1n) is 6.61. The fourth-order valence-electron chi connectivity index (χ4n) is 2.07. The summed E-state index contributed by atoms with van der Waals surface area (Å²) < 4.78 is 9.28. The van der Waals surface area contributed by atoms with Crippen molar-refractivity contribution in [2.75, 3.05) is 14.2 Å². The molecule has 0 saturated carbocycles. The van der Waals surface area contributed by atoms with Crippen molar-refractivity contribution in [3.8, 4) is 0 Å². The standard InChI is InChI=1S/C17H16O5/c1-21-16(19)12-8-6-11(7-9-12)15(18)13-4-3-5-14(10-13)17(20)22-2/h3-10,15,18H,1-2H3. The van der Waals surface area contributed by atoms with Gasteiger partial charge in [0.1, 0.15) is 6.10 Å². The second-order valence-electron chi connectivity index (χ2n) is 4.63. The van der Waals surface area contributed by atoms with Crippen LogP contribution in [0.15, 0.2) is 48.5 Å². The van der Waals surface area contributed by atoms with Crippen LogP contribution < -0.4 is 0 Å². The van der Waals surface area contributed by atoms with E-state index in [0.717, 1.165) is 0 Å². The second-order valence-corrected chi connectivity index (χ2v) is 4.63. The minimum atomic E-state index is -0.906. The van der Waals surface area contributed by atoms with E-state index in [-0.39, 0.29) is 0 Å². The number of carbonyl (C=O) groups excluding carboxylic acids is 2. The molecule has 2 aromatic rings. The van der Waals surface area contributed by atoms with Crippen molar-refractivity contribution in [2.45, 2.75) is 6.10 Å². The third-order valence-electron chi connectivity index (χ3n) is 3.27. The predicted molar refractivity (Wildman–Crippen MR) is 79.6 cm³/mol. The number of methoxy groups -OCH3 is 2. The molecule has 0 heterocycles. The summed E-state index contributed by atoms with van der Waals surface area (Å²) in [5.74, 6) is -0.899. The average Bonchev–Trinajstić information content (AvgIpc) is 2.59. The SMILES string of the molecule is COC(=O)c1ccc(C(O)c2cccc(C(=O)OC)c2)cc1. The molecule has 1 atom stereocenters. The molecule has 0 radical (unpaired) electrons. The number of esters is 2. The molecule has 0 amide bonds. The predicted octanol–water partition coefficient (Wildman–Crippen LogP) is 2.34. The number of benzene rings is 2. The van der Waals surface area contributed by atoms with Crippen molar-refractivity contribution < 1.29 is 24.2 Å². The van der Waals surface area contributed by atoms with Crippen molar-refractivity contribution in [3.63, 3.8) is 0 Å². The Balaban J connectivity index is 2.26. The first-order valence-corrected chi connectivity index (χ1v) is 6.61. The number of aliphatic hydroxyl groups is 1. The summed E-state index contributed by atoms with van der Waals surface area (Å²) >= 11 is 0. The molecular weight excluding hydrogens is 284 g/mol. The van der Waals surface area contributed by atoms with Crippen LogP contribution in [-0.4, -0.2) is 31.3 Å². The van der Waals surface area contributed by atoms with Crippen LogP contribution in [0.2, 0.25) is 0 Å². The van der Waals surface area contributed by atoms with Crippen LogP contribution in [0, 0.1) is 0 Å². The van der Waals surface area contributed by atoms with Crippen molar-refractivity contribution in [1.29, 1.82) is 0 Å². The van der Waals surface area contributed by atoms with Gasteiger partial charge in [0.05, 0.1) is 25.3 Å². The molecule has 0 bridgehead atoms. The molecule has 0 fully saturated rings. The lowest BCUT2D eigenvalue weighted by Gasteiger charge is -2.13. The Kier molecular flexibility index (Phi) is 4.91. The summed E-state index contributed by atoms with van der Waals surface area (Å²) in [6.45, 7) is 0. The van der Waals surface area contributed by atoms with Crippen molar-refractivity contribution >= 4 is 11.9 Å². The molecule has 0 saturated heterocycles. The highest BCUT2D eigenvalue weighted by Gasteiger charge is 2.14. The number of rotatable bonds is 4. The van der Waals surface area contributed by atoms with Gasteiger partial charge in [0, 0.05) is 0 Å². The Labute approximate surface area is 128 Å². The Morgan fingerprint density at radius 2 is 1.45 bits per heavy atom. The van der Waals surface area contributed by atoms with E-state index in [1.165, 1.54) is 14.2 Å². The number of carbonyl (C=O) groups is 2. The summed E-state index contributed by atoms with van der Waals surface area (Å²) in [4.78, 5) is 22.9. The Bertz CT molecular complexity index is 676. The Hall–Kier alpha value is -2.66. The van der Waals surface area contributed by atoms with Gasteiger partial charge in [-0.05, 0) is 35.4 Å². The minimum absolute atomic E-state index is 0.366. The van der Waals surface area contributed by atoms with Gasteiger partial charge in [0.25, 0.3) is 0 Å². The van der Waals surface area contributed by atoms with Crippen LogP contribution in [0.4, 0.5) is 0 Å². The maximum atomic E-state index is 11.5. The molecular formula is C17H16O5. The number of aliphatic hydroxyl groups excluding tert-OH is 1. The molecule has 114 valence electrons. The van der Waals surface area contributed by atoms with Gasteiger partial charge in [-0.2, -0.15) is 0 Å². The molecule has 1 N–H and O–H groups in total. The molecule has 0 aliphatic rings.